The van der Waals surface area contributed by atoms with E-state index in [-0.39, 0.29) is 23.1 Å². The van der Waals surface area contributed by atoms with Crippen LogP contribution in [0.25, 0.3) is 0 Å². The van der Waals surface area contributed by atoms with Crippen LogP contribution in [0.15, 0.2) is 42.7 Å². The summed E-state index contributed by atoms with van der Waals surface area (Å²) in [6, 6.07) is 9.47. The van der Waals surface area contributed by atoms with E-state index in [1.54, 1.807) is 4.90 Å². The number of rotatable bonds is 5. The number of carboxylic acid groups (broad SMARTS) is 1. The molecule has 30 heavy (non-hydrogen) atoms. The highest BCUT2D eigenvalue weighted by Crippen LogP contribution is 2.41. The first-order chi connectivity index (χ1) is 14.4. The lowest BCUT2D eigenvalue weighted by Crippen LogP contribution is -2.46. The third kappa shape index (κ3) is 3.75. The van der Waals surface area contributed by atoms with E-state index >= 15 is 0 Å². The molecular weight excluding hydrogens is 404 g/mol. The Kier molecular flexibility index (Phi) is 5.66. The van der Waals surface area contributed by atoms with Crippen LogP contribution in [-0.4, -0.2) is 52.7 Å². The molecule has 2 heterocycles. The van der Waals surface area contributed by atoms with Crippen molar-refractivity contribution in [2.45, 2.75) is 37.1 Å². The van der Waals surface area contributed by atoms with Crippen molar-refractivity contribution >= 4 is 29.3 Å². The van der Waals surface area contributed by atoms with Gasteiger partial charge in [0.2, 0.25) is 0 Å². The number of carbonyl (C=O) groups excluding carboxylic acids is 1. The van der Waals surface area contributed by atoms with E-state index in [1.807, 2.05) is 23.1 Å². The molecular formula is C22H25ClN4O3. The van der Waals surface area contributed by atoms with Gasteiger partial charge in [0.1, 0.15) is 0 Å². The van der Waals surface area contributed by atoms with Crippen LogP contribution in [0.3, 0.4) is 0 Å². The second kappa shape index (κ2) is 8.24. The highest BCUT2D eigenvalue weighted by molar-refractivity contribution is 6.30. The van der Waals surface area contributed by atoms with Gasteiger partial charge in [-0.3, -0.25) is 9.88 Å². The smallest absolute Gasteiger partial charge is 0.337 e. The Morgan fingerprint density at radius 1 is 1.23 bits per heavy atom. The fourth-order valence-corrected chi connectivity index (χ4v) is 4.91. The standard InChI is InChI=1S/C22H25ClN4O3/c23-17-3-1-2-16(11-17)22(14-24)6-4-18(5-7-22)26-8-9-27(21(26)30)19-10-15(20(28)29)12-25-13-19/h1-3,10-13,18H,4-9,14,24H2,(H,28,29). The zero-order valence-electron chi connectivity index (χ0n) is 16.6. The van der Waals surface area contributed by atoms with Gasteiger partial charge < -0.3 is 15.7 Å². The molecule has 1 aromatic heterocycles. The Balaban J connectivity index is 1.46. The monoisotopic (exact) mass is 428 g/mol. The van der Waals surface area contributed by atoms with E-state index in [9.17, 15) is 14.7 Å². The molecule has 0 unspecified atom stereocenters. The van der Waals surface area contributed by atoms with Crippen LogP contribution >= 0.6 is 11.6 Å². The SMILES string of the molecule is NCC1(c2cccc(Cl)c2)CCC(N2CCN(c3cncc(C(=O)O)c3)C2=O)CC1. The Hall–Kier alpha value is -2.64. The molecule has 1 aliphatic carbocycles. The number of anilines is 1. The normalized spacial score (nSPS) is 24.3. The van der Waals surface area contributed by atoms with Gasteiger partial charge >= 0.3 is 12.0 Å². The zero-order valence-corrected chi connectivity index (χ0v) is 17.4. The molecule has 1 aromatic carbocycles. The molecule has 1 saturated heterocycles. The Morgan fingerprint density at radius 3 is 2.67 bits per heavy atom. The highest BCUT2D eigenvalue weighted by Gasteiger charge is 2.41. The lowest BCUT2D eigenvalue weighted by molar-refractivity contribution is 0.0696. The molecule has 8 heteroatoms. The summed E-state index contributed by atoms with van der Waals surface area (Å²) in [7, 11) is 0. The van der Waals surface area contributed by atoms with E-state index in [2.05, 4.69) is 11.1 Å². The van der Waals surface area contributed by atoms with Crippen molar-refractivity contribution < 1.29 is 14.7 Å². The number of nitrogens with two attached hydrogens (primary N) is 1. The van der Waals surface area contributed by atoms with E-state index < -0.39 is 5.97 Å². The summed E-state index contributed by atoms with van der Waals surface area (Å²) in [6.45, 7) is 1.69. The number of aromatic nitrogens is 1. The van der Waals surface area contributed by atoms with Crippen LogP contribution in [0.5, 0.6) is 0 Å². The van der Waals surface area contributed by atoms with E-state index in [0.717, 1.165) is 25.7 Å². The lowest BCUT2D eigenvalue weighted by Gasteiger charge is -2.42. The summed E-state index contributed by atoms with van der Waals surface area (Å²) in [6.07, 6.45) is 6.36. The second-order valence-corrected chi connectivity index (χ2v) is 8.53. The molecule has 1 aliphatic heterocycles. The van der Waals surface area contributed by atoms with Crippen LogP contribution in [-0.2, 0) is 5.41 Å². The van der Waals surface area contributed by atoms with Crippen LogP contribution in [0.1, 0.15) is 41.6 Å². The quantitative estimate of drug-likeness (QED) is 0.759. The number of nitrogens with zero attached hydrogens (tertiary/aromatic N) is 3. The van der Waals surface area contributed by atoms with Crippen LogP contribution in [0, 0.1) is 0 Å². The van der Waals surface area contributed by atoms with Gasteiger partial charge in [-0.25, -0.2) is 9.59 Å². The van der Waals surface area contributed by atoms with Crippen molar-refractivity contribution in [2.24, 2.45) is 5.73 Å². The van der Waals surface area contributed by atoms with E-state index in [0.29, 0.717) is 30.3 Å². The number of amides is 2. The summed E-state index contributed by atoms with van der Waals surface area (Å²) in [5, 5.41) is 9.90. The summed E-state index contributed by atoms with van der Waals surface area (Å²) in [5.41, 5.74) is 7.85. The fourth-order valence-electron chi connectivity index (χ4n) is 4.72. The number of halogens is 1. The van der Waals surface area contributed by atoms with Crippen LogP contribution in [0.2, 0.25) is 5.02 Å². The van der Waals surface area contributed by atoms with Crippen LogP contribution in [0.4, 0.5) is 10.5 Å². The number of benzene rings is 1. The molecule has 3 N–H and O–H groups in total. The van der Waals surface area contributed by atoms with Gasteiger partial charge in [0.15, 0.2) is 0 Å². The zero-order chi connectivity index (χ0) is 21.3. The molecule has 2 fully saturated rings. The maximum absolute atomic E-state index is 13.1. The molecule has 0 spiro atoms. The number of aromatic carboxylic acids is 1. The maximum Gasteiger partial charge on any atom is 0.337 e. The first-order valence-corrected chi connectivity index (χ1v) is 10.5. The van der Waals surface area contributed by atoms with Gasteiger partial charge in [-0.1, -0.05) is 23.7 Å². The largest absolute Gasteiger partial charge is 0.478 e. The first-order valence-electron chi connectivity index (χ1n) is 10.2. The van der Waals surface area contributed by atoms with Gasteiger partial charge in [0.05, 0.1) is 17.4 Å². The van der Waals surface area contributed by atoms with Gasteiger partial charge in [-0.2, -0.15) is 0 Å². The average Bonchev–Trinajstić information content (AvgIpc) is 3.15. The Labute approximate surface area is 180 Å². The molecule has 0 atom stereocenters. The molecule has 4 rings (SSSR count). The topological polar surface area (TPSA) is 99.8 Å². The van der Waals surface area contributed by atoms with Crippen molar-refractivity contribution in [3.8, 4) is 0 Å². The fraction of sp³-hybridized carbons (Fsp3) is 0.409. The molecule has 158 valence electrons. The van der Waals surface area contributed by atoms with Crippen molar-refractivity contribution in [3.05, 3.63) is 58.9 Å². The number of carbonyl (C=O) groups is 2. The first kappa shape index (κ1) is 20.6. The van der Waals surface area contributed by atoms with Gasteiger partial charge in [-0.15, -0.1) is 0 Å². The molecule has 2 aromatic rings. The Bertz CT molecular complexity index is 959. The third-order valence-corrected chi connectivity index (χ3v) is 6.74. The minimum atomic E-state index is -1.06. The number of carboxylic acids is 1. The number of hydrogen-bond acceptors (Lipinski definition) is 4. The molecule has 0 bridgehead atoms. The van der Waals surface area contributed by atoms with Gasteiger partial charge in [-0.05, 0) is 49.4 Å². The molecule has 2 amide bonds. The van der Waals surface area contributed by atoms with Gasteiger partial charge in [0, 0.05) is 42.3 Å². The van der Waals surface area contributed by atoms with E-state index in [1.165, 1.54) is 24.0 Å². The number of pyridine rings is 1. The van der Waals surface area contributed by atoms with Crippen molar-refractivity contribution in [2.75, 3.05) is 24.5 Å². The predicted molar refractivity (Wildman–Crippen MR) is 115 cm³/mol. The lowest BCUT2D eigenvalue weighted by atomic mass is 9.68. The number of urea groups is 1. The second-order valence-electron chi connectivity index (χ2n) is 8.09. The Morgan fingerprint density at radius 2 is 2.00 bits per heavy atom. The van der Waals surface area contributed by atoms with Crippen molar-refractivity contribution in [1.82, 2.24) is 9.88 Å². The minimum Gasteiger partial charge on any atom is -0.478 e. The minimum absolute atomic E-state index is 0.0747. The average molecular weight is 429 g/mol. The summed E-state index contributed by atoms with van der Waals surface area (Å²) in [5.74, 6) is -1.06. The van der Waals surface area contributed by atoms with E-state index in [4.69, 9.17) is 17.3 Å². The summed E-state index contributed by atoms with van der Waals surface area (Å²) in [4.78, 5) is 31.8. The summed E-state index contributed by atoms with van der Waals surface area (Å²) >= 11 is 6.20. The summed E-state index contributed by atoms with van der Waals surface area (Å²) < 4.78 is 0. The molecule has 1 saturated carbocycles. The van der Waals surface area contributed by atoms with Crippen LogP contribution < -0.4 is 10.6 Å². The number of hydrogen-bond donors (Lipinski definition) is 2. The van der Waals surface area contributed by atoms with Crippen molar-refractivity contribution in [3.63, 3.8) is 0 Å². The maximum atomic E-state index is 13.1. The predicted octanol–water partition coefficient (Wildman–Crippen LogP) is 3.51. The third-order valence-electron chi connectivity index (χ3n) is 6.50. The van der Waals surface area contributed by atoms with Gasteiger partial charge in [0.25, 0.3) is 0 Å². The molecule has 0 radical (unpaired) electrons. The molecule has 2 aliphatic rings. The van der Waals surface area contributed by atoms with Crippen molar-refractivity contribution in [1.29, 1.82) is 0 Å². The highest BCUT2D eigenvalue weighted by atomic mass is 35.5. The molecule has 7 nitrogen and oxygen atoms in total.